The van der Waals surface area contributed by atoms with Crippen molar-refractivity contribution in [2.75, 3.05) is 60.5 Å². The summed E-state index contributed by atoms with van der Waals surface area (Å²) in [6.07, 6.45) is 9.10. The Balaban J connectivity index is 1.52. The lowest BCUT2D eigenvalue weighted by Gasteiger charge is -2.30. The number of carbonyl (C=O) groups excluding carboxylic acids is 1. The Morgan fingerprint density at radius 3 is 2.67 bits per heavy atom. The molecule has 2 aromatic rings. The molecule has 4 rings (SSSR count). The Hall–Kier alpha value is -2.91. The van der Waals surface area contributed by atoms with Gasteiger partial charge in [-0.2, -0.15) is 0 Å². The quantitative estimate of drug-likeness (QED) is 0.264. The number of nitrogens with zero attached hydrogens (tertiary/aromatic N) is 4. The molecule has 40 heavy (non-hydrogen) atoms. The predicted octanol–water partition coefficient (Wildman–Crippen LogP) is 3.83. The Bertz CT molecular complexity index is 1110. The van der Waals surface area contributed by atoms with Crippen molar-refractivity contribution in [3.05, 3.63) is 47.7 Å². The van der Waals surface area contributed by atoms with Gasteiger partial charge in [0.2, 0.25) is 5.91 Å². The van der Waals surface area contributed by atoms with Crippen LogP contribution in [0.3, 0.4) is 0 Å². The molecular weight excluding hydrogens is 508 g/mol. The summed E-state index contributed by atoms with van der Waals surface area (Å²) in [6.45, 7) is 6.11. The number of oxazole rings is 1. The predicted molar refractivity (Wildman–Crippen MR) is 153 cm³/mol. The molecule has 220 valence electrons. The van der Waals surface area contributed by atoms with Crippen molar-refractivity contribution in [3.8, 4) is 5.75 Å². The number of quaternary nitrogens is 1. The normalized spacial score (nSPS) is 20.9. The lowest BCUT2D eigenvalue weighted by Crippen LogP contribution is -2.45. The molecule has 1 N–H and O–H groups in total. The summed E-state index contributed by atoms with van der Waals surface area (Å²) in [5.74, 6) is -0.0892. The van der Waals surface area contributed by atoms with Crippen LogP contribution in [0.1, 0.15) is 62.0 Å². The summed E-state index contributed by atoms with van der Waals surface area (Å²) in [6, 6.07) is 5.78. The van der Waals surface area contributed by atoms with E-state index in [0.29, 0.717) is 31.9 Å². The highest BCUT2D eigenvalue weighted by Gasteiger charge is 2.47. The second kappa shape index (κ2) is 13.6. The molecule has 0 aliphatic carbocycles. The van der Waals surface area contributed by atoms with Gasteiger partial charge in [0.05, 0.1) is 53.0 Å². The highest BCUT2D eigenvalue weighted by atomic mass is 16.5. The zero-order valence-corrected chi connectivity index (χ0v) is 24.7. The number of benzene rings is 1. The molecule has 0 bridgehead atoms. The average Bonchev–Trinajstić information content (AvgIpc) is 3.66. The van der Waals surface area contributed by atoms with Crippen molar-refractivity contribution in [2.24, 2.45) is 5.92 Å². The second-order valence-corrected chi connectivity index (χ2v) is 12.4. The number of rotatable bonds is 15. The fourth-order valence-electron chi connectivity index (χ4n) is 6.15. The standard InChI is InChI=1S/C31H46N4O5/c1-5-6-15-33(16-7-8-17-35(2,3)4)29(36)22-34-21-25(23-9-11-27-24(20-23)13-18-39-27)30(31(37)38)26(34)10-12-28-32-14-19-40-28/h9,11,14,19-20,25-26,30H,5-8,10,12-13,15-18,21-22H2,1-4H3/p+1/t25-,26+,30?/m1/s1. The first-order valence-electron chi connectivity index (χ1n) is 14.9. The van der Waals surface area contributed by atoms with Gasteiger partial charge in [0.1, 0.15) is 12.0 Å². The molecule has 0 radical (unpaired) electrons. The number of unbranched alkanes of at least 4 members (excludes halogenated alkanes) is 2. The topological polar surface area (TPSA) is 96.1 Å². The Morgan fingerprint density at radius 1 is 1.18 bits per heavy atom. The number of fused-ring (bicyclic) bond motifs is 1. The minimum absolute atomic E-state index is 0.0898. The molecule has 0 spiro atoms. The zero-order chi connectivity index (χ0) is 28.7. The number of hydrogen-bond donors (Lipinski definition) is 1. The molecule has 2 aliphatic heterocycles. The minimum atomic E-state index is -0.822. The maximum Gasteiger partial charge on any atom is 0.308 e. The van der Waals surface area contributed by atoms with E-state index in [1.807, 2.05) is 17.0 Å². The van der Waals surface area contributed by atoms with Crippen LogP contribution in [0.4, 0.5) is 0 Å². The van der Waals surface area contributed by atoms with Crippen molar-refractivity contribution in [1.82, 2.24) is 14.8 Å². The van der Waals surface area contributed by atoms with E-state index in [9.17, 15) is 14.7 Å². The smallest absolute Gasteiger partial charge is 0.308 e. The molecule has 3 heterocycles. The van der Waals surface area contributed by atoms with E-state index in [4.69, 9.17) is 9.15 Å². The molecule has 3 atom stereocenters. The number of aromatic nitrogens is 1. The summed E-state index contributed by atoms with van der Waals surface area (Å²) in [7, 11) is 6.57. The largest absolute Gasteiger partial charge is 0.493 e. The average molecular weight is 556 g/mol. The first-order chi connectivity index (χ1) is 19.2. The third-order valence-corrected chi connectivity index (χ3v) is 8.29. The molecule has 0 saturated carbocycles. The van der Waals surface area contributed by atoms with Gasteiger partial charge in [0.15, 0.2) is 5.89 Å². The Morgan fingerprint density at radius 2 is 1.98 bits per heavy atom. The maximum atomic E-state index is 13.7. The lowest BCUT2D eigenvalue weighted by molar-refractivity contribution is -0.870. The van der Waals surface area contributed by atoms with E-state index >= 15 is 0 Å². The van der Waals surface area contributed by atoms with Gasteiger partial charge in [0, 0.05) is 44.4 Å². The third kappa shape index (κ3) is 7.85. The summed E-state index contributed by atoms with van der Waals surface area (Å²) in [5, 5.41) is 10.5. The van der Waals surface area contributed by atoms with Crippen molar-refractivity contribution in [2.45, 2.75) is 63.8 Å². The minimum Gasteiger partial charge on any atom is -0.493 e. The SMILES string of the molecule is CCCCN(CCCC[N+](C)(C)C)C(=O)CN1C[C@H](c2ccc3c(c2)CCO3)C(C(=O)O)[C@@H]1CCc1ncco1. The summed E-state index contributed by atoms with van der Waals surface area (Å²) in [4.78, 5) is 34.9. The van der Waals surface area contributed by atoms with Gasteiger partial charge in [-0.15, -0.1) is 0 Å². The van der Waals surface area contributed by atoms with Crippen LogP contribution >= 0.6 is 0 Å². The summed E-state index contributed by atoms with van der Waals surface area (Å²) >= 11 is 0. The number of likely N-dealkylation sites (tertiary alicyclic amines) is 1. The number of carboxylic acids is 1. The van der Waals surface area contributed by atoms with Crippen molar-refractivity contribution in [1.29, 1.82) is 0 Å². The van der Waals surface area contributed by atoms with E-state index in [1.165, 1.54) is 0 Å². The monoisotopic (exact) mass is 555 g/mol. The summed E-state index contributed by atoms with van der Waals surface area (Å²) < 4.78 is 12.1. The molecule has 1 aromatic carbocycles. The van der Waals surface area contributed by atoms with Gasteiger partial charge in [-0.3, -0.25) is 14.5 Å². The van der Waals surface area contributed by atoms with Crippen molar-refractivity contribution in [3.63, 3.8) is 0 Å². The maximum absolute atomic E-state index is 13.7. The third-order valence-electron chi connectivity index (χ3n) is 8.29. The Labute approximate surface area is 238 Å². The van der Waals surface area contributed by atoms with Gasteiger partial charge >= 0.3 is 5.97 Å². The van der Waals surface area contributed by atoms with Gasteiger partial charge in [-0.1, -0.05) is 25.5 Å². The zero-order valence-electron chi connectivity index (χ0n) is 24.7. The number of amides is 1. The van der Waals surface area contributed by atoms with E-state index in [2.05, 4.69) is 44.0 Å². The number of carbonyl (C=O) groups is 2. The van der Waals surface area contributed by atoms with Gasteiger partial charge in [-0.05, 0) is 42.9 Å². The Kier molecular flexibility index (Phi) is 10.2. The molecule has 9 nitrogen and oxygen atoms in total. The molecule has 1 unspecified atom stereocenters. The summed E-state index contributed by atoms with van der Waals surface area (Å²) in [5.41, 5.74) is 2.14. The molecule has 1 saturated heterocycles. The number of aryl methyl sites for hydroxylation is 1. The fraction of sp³-hybridized carbons (Fsp3) is 0.645. The van der Waals surface area contributed by atoms with E-state index in [-0.39, 0.29) is 24.4 Å². The second-order valence-electron chi connectivity index (χ2n) is 12.4. The molecular formula is C31H47N4O5+. The van der Waals surface area contributed by atoms with Crippen LogP contribution in [0.2, 0.25) is 0 Å². The van der Waals surface area contributed by atoms with Crippen LogP contribution in [0, 0.1) is 5.92 Å². The van der Waals surface area contributed by atoms with Gasteiger partial charge < -0.3 is 23.6 Å². The first kappa shape index (κ1) is 30.1. The van der Waals surface area contributed by atoms with Crippen LogP contribution in [0.5, 0.6) is 5.75 Å². The molecule has 1 aromatic heterocycles. The first-order valence-corrected chi connectivity index (χ1v) is 14.9. The van der Waals surface area contributed by atoms with E-state index in [1.54, 1.807) is 12.5 Å². The number of aliphatic carboxylic acids is 1. The molecule has 1 amide bonds. The van der Waals surface area contributed by atoms with Gasteiger partial charge in [-0.25, -0.2) is 4.98 Å². The van der Waals surface area contributed by atoms with Crippen LogP contribution in [-0.4, -0.2) is 103 Å². The van der Waals surface area contributed by atoms with Crippen LogP contribution in [0.25, 0.3) is 0 Å². The van der Waals surface area contributed by atoms with E-state index in [0.717, 1.165) is 73.1 Å². The lowest BCUT2D eigenvalue weighted by atomic mass is 9.83. The van der Waals surface area contributed by atoms with Crippen molar-refractivity contribution >= 4 is 11.9 Å². The molecule has 9 heteroatoms. The fourth-order valence-corrected chi connectivity index (χ4v) is 6.15. The van der Waals surface area contributed by atoms with E-state index < -0.39 is 11.9 Å². The molecule has 1 fully saturated rings. The van der Waals surface area contributed by atoms with Crippen LogP contribution in [0.15, 0.2) is 35.1 Å². The van der Waals surface area contributed by atoms with Gasteiger partial charge in [0.25, 0.3) is 0 Å². The number of ether oxygens (including phenoxy) is 1. The molecule has 2 aliphatic rings. The van der Waals surface area contributed by atoms with Crippen LogP contribution in [-0.2, 0) is 22.4 Å². The number of hydrogen-bond acceptors (Lipinski definition) is 6. The van der Waals surface area contributed by atoms with Crippen LogP contribution < -0.4 is 4.74 Å². The van der Waals surface area contributed by atoms with Crippen molar-refractivity contribution < 1.29 is 28.3 Å². The highest BCUT2D eigenvalue weighted by Crippen LogP contribution is 2.41. The number of carboxylic acid groups (broad SMARTS) is 1. The highest BCUT2D eigenvalue weighted by molar-refractivity contribution is 5.79.